The molecule has 2 aromatic rings. The Kier molecular flexibility index (Phi) is 6.24. The molecule has 3 fully saturated rings. The summed E-state index contributed by atoms with van der Waals surface area (Å²) in [4.78, 5) is 29.2. The number of morpholine rings is 1. The van der Waals surface area contributed by atoms with E-state index in [9.17, 15) is 9.59 Å². The van der Waals surface area contributed by atoms with Gasteiger partial charge in [-0.25, -0.2) is 4.79 Å². The molecule has 9 nitrogen and oxygen atoms in total. The largest absolute Gasteiger partial charge is 0.373 e. The van der Waals surface area contributed by atoms with E-state index in [-0.39, 0.29) is 36.2 Å². The summed E-state index contributed by atoms with van der Waals surface area (Å²) in [5, 5.41) is 8.87. The molecule has 5 rings (SSSR count). The fourth-order valence-electron chi connectivity index (χ4n) is 6.26. The van der Waals surface area contributed by atoms with Gasteiger partial charge in [-0.3, -0.25) is 14.4 Å². The van der Waals surface area contributed by atoms with Gasteiger partial charge in [0.15, 0.2) is 5.69 Å². The number of rotatable bonds is 5. The molecule has 34 heavy (non-hydrogen) atoms. The number of nitrogens with one attached hydrogen (secondary N) is 1. The highest BCUT2D eigenvalue weighted by Gasteiger charge is 2.46. The van der Waals surface area contributed by atoms with E-state index in [1.165, 1.54) is 0 Å². The van der Waals surface area contributed by atoms with Crippen LogP contribution in [0.15, 0.2) is 24.3 Å². The number of piperidine rings is 1. The van der Waals surface area contributed by atoms with Crippen LogP contribution < -0.4 is 11.1 Å². The number of hydrogen-bond donors (Lipinski definition) is 2. The number of aromatic nitrogens is 2. The summed E-state index contributed by atoms with van der Waals surface area (Å²) in [5.74, 6) is -0.0887. The molecule has 1 aromatic carbocycles. The zero-order chi connectivity index (χ0) is 24.0. The summed E-state index contributed by atoms with van der Waals surface area (Å²) in [6.07, 6.45) is 4.04. The van der Waals surface area contributed by atoms with Crippen molar-refractivity contribution in [3.8, 4) is 0 Å². The number of primary amides is 1. The predicted molar refractivity (Wildman–Crippen MR) is 130 cm³/mol. The smallest absolute Gasteiger partial charge is 0.314 e. The first-order valence-corrected chi connectivity index (χ1v) is 12.5. The molecule has 0 saturated carbocycles. The fourth-order valence-corrected chi connectivity index (χ4v) is 6.26. The van der Waals surface area contributed by atoms with Crippen LogP contribution in [0.2, 0.25) is 0 Å². The summed E-state index contributed by atoms with van der Waals surface area (Å²) >= 11 is 0. The lowest BCUT2D eigenvalue weighted by molar-refractivity contribution is -0.0732. The molecular formula is C25H36N6O3. The molecular weight excluding hydrogens is 432 g/mol. The Balaban J connectivity index is 1.26. The Morgan fingerprint density at radius 3 is 2.53 bits per heavy atom. The predicted octanol–water partition coefficient (Wildman–Crippen LogP) is 2.51. The number of ether oxygens (including phenoxy) is 1. The molecule has 0 radical (unpaired) electrons. The third kappa shape index (κ3) is 4.15. The van der Waals surface area contributed by atoms with Gasteiger partial charge in [0.05, 0.1) is 24.8 Å². The Hall–Kier alpha value is -2.65. The first kappa shape index (κ1) is 23.1. The van der Waals surface area contributed by atoms with Crippen molar-refractivity contribution in [2.45, 2.75) is 82.8 Å². The number of fused-ring (bicyclic) bond motifs is 3. The highest BCUT2D eigenvalue weighted by Crippen LogP contribution is 2.38. The number of nitrogens with zero attached hydrogens (tertiary/aromatic N) is 4. The van der Waals surface area contributed by atoms with Gasteiger partial charge in [0.2, 0.25) is 0 Å². The van der Waals surface area contributed by atoms with Crippen molar-refractivity contribution < 1.29 is 14.3 Å². The van der Waals surface area contributed by atoms with Gasteiger partial charge in [0, 0.05) is 42.1 Å². The van der Waals surface area contributed by atoms with E-state index in [4.69, 9.17) is 10.5 Å². The van der Waals surface area contributed by atoms with Gasteiger partial charge >= 0.3 is 6.03 Å². The van der Waals surface area contributed by atoms with E-state index in [0.717, 1.165) is 36.6 Å². The van der Waals surface area contributed by atoms with Gasteiger partial charge in [-0.2, -0.15) is 5.10 Å². The van der Waals surface area contributed by atoms with Crippen LogP contribution in [0.3, 0.4) is 0 Å². The van der Waals surface area contributed by atoms with Crippen LogP contribution in [0.1, 0.15) is 63.0 Å². The van der Waals surface area contributed by atoms with Crippen LogP contribution in [-0.2, 0) is 4.74 Å². The highest BCUT2D eigenvalue weighted by atomic mass is 16.5. The monoisotopic (exact) mass is 468 g/mol. The molecule has 0 aliphatic carbocycles. The van der Waals surface area contributed by atoms with Crippen LogP contribution in [0.25, 0.3) is 10.9 Å². The Labute approximate surface area is 200 Å². The van der Waals surface area contributed by atoms with Crippen molar-refractivity contribution in [3.63, 3.8) is 0 Å². The Morgan fingerprint density at radius 2 is 1.85 bits per heavy atom. The summed E-state index contributed by atoms with van der Waals surface area (Å²) in [6.45, 7) is 7.97. The minimum Gasteiger partial charge on any atom is -0.373 e. The van der Waals surface area contributed by atoms with E-state index in [1.54, 1.807) is 4.90 Å². The van der Waals surface area contributed by atoms with E-state index < -0.39 is 0 Å². The van der Waals surface area contributed by atoms with E-state index >= 15 is 0 Å². The average molecular weight is 469 g/mol. The maximum absolute atomic E-state index is 13.3. The number of carbonyl (C=O) groups excluding carboxylic acids is 2. The first-order chi connectivity index (χ1) is 16.3. The van der Waals surface area contributed by atoms with Gasteiger partial charge in [-0.05, 0) is 52.5 Å². The molecule has 3 aliphatic rings. The summed E-state index contributed by atoms with van der Waals surface area (Å²) in [7, 11) is 0. The second-order valence-corrected chi connectivity index (χ2v) is 10.3. The summed E-state index contributed by atoms with van der Waals surface area (Å²) in [5.41, 5.74) is 7.01. The van der Waals surface area contributed by atoms with Crippen molar-refractivity contribution in [1.29, 1.82) is 0 Å². The fraction of sp³-hybridized carbons (Fsp3) is 0.640. The molecule has 4 heterocycles. The average Bonchev–Trinajstić information content (AvgIpc) is 3.34. The minimum atomic E-state index is -0.377. The van der Waals surface area contributed by atoms with Crippen molar-refractivity contribution >= 4 is 22.8 Å². The van der Waals surface area contributed by atoms with Gasteiger partial charge < -0.3 is 20.7 Å². The molecule has 3 saturated heterocycles. The van der Waals surface area contributed by atoms with Gasteiger partial charge in [0.1, 0.15) is 0 Å². The van der Waals surface area contributed by atoms with Crippen LogP contribution in [0, 0.1) is 0 Å². The molecule has 3 N–H and O–H groups in total. The first-order valence-electron chi connectivity index (χ1n) is 12.5. The summed E-state index contributed by atoms with van der Waals surface area (Å²) < 4.78 is 7.97. The number of hydrogen-bond acceptors (Lipinski definition) is 5. The molecule has 2 bridgehead atoms. The number of nitrogens with two attached hydrogens (primary N) is 1. The normalized spacial score (nSPS) is 28.4. The molecule has 184 valence electrons. The Bertz CT molecular complexity index is 1050. The van der Waals surface area contributed by atoms with E-state index in [0.29, 0.717) is 37.5 Å². The molecule has 2 unspecified atom stereocenters. The lowest BCUT2D eigenvalue weighted by Crippen LogP contribution is -2.60. The topological polar surface area (TPSA) is 106 Å². The minimum absolute atomic E-state index is 0.0400. The molecule has 9 heteroatoms. The van der Waals surface area contributed by atoms with Gasteiger partial charge in [-0.15, -0.1) is 0 Å². The highest BCUT2D eigenvalue weighted by molar-refractivity contribution is 6.05. The number of amides is 3. The number of para-hydroxylation sites is 1. The third-order valence-electron chi connectivity index (χ3n) is 7.86. The van der Waals surface area contributed by atoms with Gasteiger partial charge in [-0.1, -0.05) is 18.2 Å². The van der Waals surface area contributed by atoms with E-state index in [2.05, 4.69) is 36.1 Å². The second kappa shape index (κ2) is 9.19. The van der Waals surface area contributed by atoms with Crippen molar-refractivity contribution in [1.82, 2.24) is 24.9 Å². The van der Waals surface area contributed by atoms with Crippen LogP contribution >= 0.6 is 0 Å². The number of carbonyl (C=O) groups is 2. The third-order valence-corrected chi connectivity index (χ3v) is 7.86. The van der Waals surface area contributed by atoms with Crippen molar-refractivity contribution in [2.24, 2.45) is 5.73 Å². The maximum Gasteiger partial charge on any atom is 0.314 e. The zero-order valence-corrected chi connectivity index (χ0v) is 20.3. The number of benzene rings is 1. The summed E-state index contributed by atoms with van der Waals surface area (Å²) in [6, 6.07) is 8.86. The Morgan fingerprint density at radius 1 is 1.15 bits per heavy atom. The molecule has 1 aromatic heterocycles. The zero-order valence-electron chi connectivity index (χ0n) is 20.3. The maximum atomic E-state index is 13.3. The molecule has 3 aliphatic heterocycles. The van der Waals surface area contributed by atoms with E-state index in [1.807, 2.05) is 28.9 Å². The van der Waals surface area contributed by atoms with Crippen LogP contribution in [0.5, 0.6) is 0 Å². The van der Waals surface area contributed by atoms with Crippen LogP contribution in [0.4, 0.5) is 4.79 Å². The quantitative estimate of drug-likeness (QED) is 0.701. The molecule has 0 spiro atoms. The lowest BCUT2D eigenvalue weighted by Gasteiger charge is -2.46. The second-order valence-electron chi connectivity index (χ2n) is 10.3. The number of urea groups is 1. The van der Waals surface area contributed by atoms with Crippen LogP contribution in [-0.4, -0.2) is 81.5 Å². The standard InChI is InChI=1S/C25H36N6O3/c1-15(2)31-21-7-5-4-6-20(21)23(28-31)24(32)27-17-12-18-8-9-19(13-17)30(18)16(3)22-14-29(25(26)33)10-11-34-22/h4-7,15-19,22H,8-14H2,1-3H3,(H2,26,33)(H,27,32)/t16?,17-,18-,19+,22?. The van der Waals surface area contributed by atoms with Crippen molar-refractivity contribution in [3.05, 3.63) is 30.0 Å². The molecule has 5 atom stereocenters. The van der Waals surface area contributed by atoms with Gasteiger partial charge in [0.25, 0.3) is 5.91 Å². The lowest BCUT2D eigenvalue weighted by atomic mass is 9.93. The molecule has 3 amide bonds. The van der Waals surface area contributed by atoms with Crippen molar-refractivity contribution in [2.75, 3.05) is 19.7 Å². The SMILES string of the molecule is CC(C1CN(C(N)=O)CCO1)N1[C@@H]2CC[C@H]1C[C@H](NC(=O)c1nn(C(C)C)c3ccccc13)C2.